The lowest BCUT2D eigenvalue weighted by Gasteiger charge is -2.08. The van der Waals surface area contributed by atoms with Crippen molar-refractivity contribution in [3.05, 3.63) is 40.6 Å². The number of aryl methyl sites for hydroxylation is 1. The first kappa shape index (κ1) is 16.9. The fourth-order valence-electron chi connectivity index (χ4n) is 2.74. The normalized spacial score (nSPS) is 15.2. The molecular formula is C18H19ClN4O3. The molecule has 136 valence electrons. The zero-order valence-electron chi connectivity index (χ0n) is 14.6. The molecule has 1 fully saturated rings. The van der Waals surface area contributed by atoms with Crippen LogP contribution in [0.15, 0.2) is 22.7 Å². The SMILES string of the molecule is Cc1nc(COc2cc3[nH]c(CNC(=O)C4(C)CC4)cc3cc2Cl)no1. The predicted molar refractivity (Wildman–Crippen MR) is 95.9 cm³/mol. The van der Waals surface area contributed by atoms with Gasteiger partial charge >= 0.3 is 0 Å². The van der Waals surface area contributed by atoms with Gasteiger partial charge in [-0.15, -0.1) is 0 Å². The molecule has 26 heavy (non-hydrogen) atoms. The lowest BCUT2D eigenvalue weighted by molar-refractivity contribution is -0.125. The standard InChI is InChI=1S/C18H19ClN4O3/c1-10-21-16(23-26-10)9-25-15-7-14-11(6-13(15)19)5-12(22-14)8-20-17(24)18(2)3-4-18/h5-7,22H,3-4,8-9H2,1-2H3,(H,20,24). The molecule has 8 heteroatoms. The number of nitrogens with one attached hydrogen (secondary N) is 2. The van der Waals surface area contributed by atoms with E-state index in [2.05, 4.69) is 20.4 Å². The molecule has 1 amide bonds. The Morgan fingerprint density at radius 1 is 1.42 bits per heavy atom. The first-order chi connectivity index (χ1) is 12.4. The third-order valence-corrected chi connectivity index (χ3v) is 4.94. The average Bonchev–Trinajstić information content (AvgIpc) is 3.04. The summed E-state index contributed by atoms with van der Waals surface area (Å²) in [6, 6.07) is 5.64. The molecule has 1 aliphatic rings. The average molecular weight is 375 g/mol. The number of benzene rings is 1. The first-order valence-electron chi connectivity index (χ1n) is 8.44. The number of fused-ring (bicyclic) bond motifs is 1. The lowest BCUT2D eigenvalue weighted by Crippen LogP contribution is -2.29. The van der Waals surface area contributed by atoms with Gasteiger partial charge in [-0.3, -0.25) is 4.79 Å². The van der Waals surface area contributed by atoms with Crippen molar-refractivity contribution in [2.45, 2.75) is 39.8 Å². The maximum atomic E-state index is 12.1. The van der Waals surface area contributed by atoms with E-state index in [9.17, 15) is 4.79 Å². The number of hydrogen-bond donors (Lipinski definition) is 2. The number of ether oxygens (including phenoxy) is 1. The highest BCUT2D eigenvalue weighted by Crippen LogP contribution is 2.45. The second kappa shape index (κ2) is 6.32. The third kappa shape index (κ3) is 3.39. The molecule has 7 nitrogen and oxygen atoms in total. The molecular weight excluding hydrogens is 356 g/mol. The molecule has 0 aliphatic heterocycles. The highest BCUT2D eigenvalue weighted by molar-refractivity contribution is 6.32. The predicted octanol–water partition coefficient (Wildman–Crippen LogP) is 3.51. The summed E-state index contributed by atoms with van der Waals surface area (Å²) in [5.74, 6) is 1.58. The Bertz CT molecular complexity index is 974. The molecule has 1 aromatic carbocycles. The number of carbonyl (C=O) groups excluding carboxylic acids is 1. The Labute approximate surface area is 155 Å². The van der Waals surface area contributed by atoms with Crippen LogP contribution in [0.4, 0.5) is 0 Å². The van der Waals surface area contributed by atoms with E-state index in [1.807, 2.05) is 25.1 Å². The van der Waals surface area contributed by atoms with Crippen molar-refractivity contribution in [2.24, 2.45) is 5.41 Å². The Morgan fingerprint density at radius 3 is 2.92 bits per heavy atom. The Hall–Kier alpha value is -2.54. The smallest absolute Gasteiger partial charge is 0.226 e. The molecule has 0 atom stereocenters. The van der Waals surface area contributed by atoms with Crippen molar-refractivity contribution in [1.82, 2.24) is 20.4 Å². The summed E-state index contributed by atoms with van der Waals surface area (Å²) in [6.07, 6.45) is 1.92. The molecule has 0 radical (unpaired) electrons. The van der Waals surface area contributed by atoms with Crippen molar-refractivity contribution in [3.63, 3.8) is 0 Å². The number of rotatable bonds is 6. The molecule has 4 rings (SSSR count). The van der Waals surface area contributed by atoms with Gasteiger partial charge in [-0.1, -0.05) is 23.7 Å². The van der Waals surface area contributed by atoms with Crippen LogP contribution in [0.3, 0.4) is 0 Å². The zero-order valence-corrected chi connectivity index (χ0v) is 15.3. The van der Waals surface area contributed by atoms with Crippen LogP contribution in [0.25, 0.3) is 10.9 Å². The van der Waals surface area contributed by atoms with Crippen LogP contribution in [0.5, 0.6) is 5.75 Å². The van der Waals surface area contributed by atoms with Crippen LogP contribution in [-0.4, -0.2) is 21.0 Å². The minimum absolute atomic E-state index is 0.105. The minimum atomic E-state index is -0.177. The molecule has 0 bridgehead atoms. The van der Waals surface area contributed by atoms with Crippen LogP contribution in [-0.2, 0) is 17.9 Å². The van der Waals surface area contributed by atoms with E-state index in [-0.39, 0.29) is 17.9 Å². The quantitative estimate of drug-likeness (QED) is 0.688. The maximum Gasteiger partial charge on any atom is 0.226 e. The van der Waals surface area contributed by atoms with Gasteiger partial charge in [0.05, 0.1) is 11.6 Å². The second-order valence-electron chi connectivity index (χ2n) is 6.93. The number of aromatic amines is 1. The van der Waals surface area contributed by atoms with Gasteiger partial charge in [0.15, 0.2) is 6.61 Å². The summed E-state index contributed by atoms with van der Waals surface area (Å²) in [5, 5.41) is 8.23. The fourth-order valence-corrected chi connectivity index (χ4v) is 2.97. The molecule has 0 spiro atoms. The van der Waals surface area contributed by atoms with E-state index in [0.29, 0.717) is 29.0 Å². The Balaban J connectivity index is 1.46. The highest BCUT2D eigenvalue weighted by atomic mass is 35.5. The molecule has 0 unspecified atom stereocenters. The molecule has 3 aromatic rings. The van der Waals surface area contributed by atoms with E-state index in [0.717, 1.165) is 29.4 Å². The van der Waals surface area contributed by atoms with Gasteiger partial charge in [0.1, 0.15) is 5.75 Å². The van der Waals surface area contributed by atoms with Crippen LogP contribution in [0, 0.1) is 12.3 Å². The van der Waals surface area contributed by atoms with E-state index in [1.54, 1.807) is 6.92 Å². The number of nitrogens with zero attached hydrogens (tertiary/aromatic N) is 2. The summed E-state index contributed by atoms with van der Waals surface area (Å²) in [4.78, 5) is 19.4. The van der Waals surface area contributed by atoms with Crippen molar-refractivity contribution in [2.75, 3.05) is 0 Å². The first-order valence-corrected chi connectivity index (χ1v) is 8.82. The number of hydrogen-bond acceptors (Lipinski definition) is 5. The van der Waals surface area contributed by atoms with E-state index < -0.39 is 0 Å². The summed E-state index contributed by atoms with van der Waals surface area (Å²) >= 11 is 6.31. The monoisotopic (exact) mass is 374 g/mol. The minimum Gasteiger partial charge on any atom is -0.484 e. The van der Waals surface area contributed by atoms with Crippen molar-refractivity contribution < 1.29 is 14.1 Å². The summed E-state index contributed by atoms with van der Waals surface area (Å²) in [6.45, 7) is 4.34. The topological polar surface area (TPSA) is 93.0 Å². The van der Waals surface area contributed by atoms with Gasteiger partial charge in [-0.05, 0) is 25.0 Å². The molecule has 2 N–H and O–H groups in total. The Morgan fingerprint density at radius 2 is 2.23 bits per heavy atom. The van der Waals surface area contributed by atoms with E-state index in [1.165, 1.54) is 0 Å². The number of aromatic nitrogens is 3. The molecule has 1 aliphatic carbocycles. The van der Waals surface area contributed by atoms with Crippen molar-refractivity contribution in [1.29, 1.82) is 0 Å². The molecule has 2 aromatic heterocycles. The van der Waals surface area contributed by atoms with Gasteiger partial charge < -0.3 is 19.6 Å². The van der Waals surface area contributed by atoms with Crippen LogP contribution >= 0.6 is 11.6 Å². The van der Waals surface area contributed by atoms with E-state index >= 15 is 0 Å². The second-order valence-corrected chi connectivity index (χ2v) is 7.33. The number of H-pyrrole nitrogens is 1. The van der Waals surface area contributed by atoms with Gasteiger partial charge in [0.25, 0.3) is 0 Å². The Kier molecular flexibility index (Phi) is 4.11. The van der Waals surface area contributed by atoms with Crippen molar-refractivity contribution in [3.8, 4) is 5.75 Å². The van der Waals surface area contributed by atoms with Crippen LogP contribution < -0.4 is 10.1 Å². The van der Waals surface area contributed by atoms with Crippen LogP contribution in [0.1, 0.15) is 37.2 Å². The third-order valence-electron chi connectivity index (χ3n) is 4.64. The van der Waals surface area contributed by atoms with Gasteiger partial charge in [0.2, 0.25) is 17.6 Å². The zero-order chi connectivity index (χ0) is 18.3. The number of amides is 1. The number of carbonyl (C=O) groups is 1. The molecule has 1 saturated carbocycles. The molecule has 2 heterocycles. The summed E-state index contributed by atoms with van der Waals surface area (Å²) in [5.41, 5.74) is 1.62. The summed E-state index contributed by atoms with van der Waals surface area (Å²) in [7, 11) is 0. The fraction of sp³-hybridized carbons (Fsp3) is 0.389. The van der Waals surface area contributed by atoms with Gasteiger partial charge in [-0.25, -0.2) is 0 Å². The summed E-state index contributed by atoms with van der Waals surface area (Å²) < 4.78 is 10.6. The van der Waals surface area contributed by atoms with Crippen molar-refractivity contribution >= 4 is 28.4 Å². The van der Waals surface area contributed by atoms with Gasteiger partial charge in [-0.2, -0.15) is 4.98 Å². The number of halogens is 1. The maximum absolute atomic E-state index is 12.1. The molecule has 0 saturated heterocycles. The van der Waals surface area contributed by atoms with Gasteiger partial charge in [0, 0.05) is 35.0 Å². The largest absolute Gasteiger partial charge is 0.484 e. The highest BCUT2D eigenvalue weighted by Gasteiger charge is 2.44. The lowest BCUT2D eigenvalue weighted by atomic mass is 10.1. The van der Waals surface area contributed by atoms with E-state index in [4.69, 9.17) is 20.9 Å². The van der Waals surface area contributed by atoms with Crippen LogP contribution in [0.2, 0.25) is 5.02 Å².